The van der Waals surface area contributed by atoms with Crippen molar-refractivity contribution in [1.29, 1.82) is 0 Å². The second-order valence-electron chi connectivity index (χ2n) is 5.93. The molecule has 0 aromatic heterocycles. The monoisotopic (exact) mass is 299 g/mol. The third-order valence-electron chi connectivity index (χ3n) is 3.74. The number of hydrogen-bond acceptors (Lipinski definition) is 3. The van der Waals surface area contributed by atoms with E-state index < -0.39 is 0 Å². The molecule has 0 unspecified atom stereocenters. The van der Waals surface area contributed by atoms with Gasteiger partial charge in [0.05, 0.1) is 13.2 Å². The lowest BCUT2D eigenvalue weighted by atomic mass is 10.1. The molecule has 0 fully saturated rings. The normalized spacial score (nSPS) is 10.8. The summed E-state index contributed by atoms with van der Waals surface area (Å²) in [4.78, 5) is 11.3. The molecule has 0 rings (SSSR count). The predicted octanol–water partition coefficient (Wildman–Crippen LogP) is 4.84. The molecule has 0 atom stereocenters. The summed E-state index contributed by atoms with van der Waals surface area (Å²) >= 11 is 0. The van der Waals surface area contributed by atoms with Gasteiger partial charge in [0.1, 0.15) is 0 Å². The first-order valence-corrected chi connectivity index (χ1v) is 9.17. The molecule has 0 amide bonds. The van der Waals surface area contributed by atoms with Crippen LogP contribution in [-0.4, -0.2) is 25.7 Å². The second-order valence-corrected chi connectivity index (χ2v) is 5.93. The van der Waals surface area contributed by atoms with Crippen molar-refractivity contribution in [3.63, 3.8) is 0 Å². The fourth-order valence-corrected chi connectivity index (χ4v) is 2.31. The summed E-state index contributed by atoms with van der Waals surface area (Å²) in [5.41, 5.74) is 0. The Hall–Kier alpha value is -0.570. The van der Waals surface area contributed by atoms with Crippen LogP contribution >= 0.6 is 0 Å². The van der Waals surface area contributed by atoms with Gasteiger partial charge in [-0.2, -0.15) is 0 Å². The number of ether oxygens (including phenoxy) is 1. The van der Waals surface area contributed by atoms with Gasteiger partial charge in [0, 0.05) is 0 Å². The lowest BCUT2D eigenvalue weighted by molar-refractivity contribution is -0.142. The number of carbonyl (C=O) groups excluding carboxylic acids is 1. The molecule has 3 nitrogen and oxygen atoms in total. The largest absolute Gasteiger partial charge is 0.465 e. The lowest BCUT2D eigenvalue weighted by Crippen LogP contribution is -2.25. The van der Waals surface area contributed by atoms with Crippen LogP contribution in [0.5, 0.6) is 0 Å². The predicted molar refractivity (Wildman–Crippen MR) is 90.6 cm³/mol. The average molecular weight is 299 g/mol. The van der Waals surface area contributed by atoms with Crippen molar-refractivity contribution in [3.8, 4) is 0 Å². The van der Waals surface area contributed by atoms with Crippen molar-refractivity contribution in [3.05, 3.63) is 0 Å². The van der Waals surface area contributed by atoms with Gasteiger partial charge in [-0.1, -0.05) is 78.1 Å². The molecule has 0 bridgehead atoms. The number of unbranched alkanes of at least 4 members (excludes halogenated alkanes) is 10. The molecule has 0 aliphatic rings. The molecule has 1 N–H and O–H groups in total. The standard InChI is InChI=1S/C18H37NO2/c1-3-5-7-8-9-10-11-12-13-14-15-19-17-18(20)21-16-6-4-2/h19H,3-17H2,1-2H3. The molecule has 0 spiro atoms. The number of nitrogens with one attached hydrogen (secondary N) is 1. The Kier molecular flexibility index (Phi) is 17.0. The topological polar surface area (TPSA) is 38.3 Å². The molecule has 0 aliphatic carbocycles. The molecule has 0 radical (unpaired) electrons. The highest BCUT2D eigenvalue weighted by Gasteiger charge is 2.00. The SMILES string of the molecule is CCCCCCCCCCCCNCC(=O)OCCCC. The number of carbonyl (C=O) groups is 1. The first-order valence-electron chi connectivity index (χ1n) is 9.17. The van der Waals surface area contributed by atoms with Crippen LogP contribution < -0.4 is 5.32 Å². The Balaban J connectivity index is 3.06. The van der Waals surface area contributed by atoms with Crippen molar-refractivity contribution in [2.75, 3.05) is 19.7 Å². The molecular formula is C18H37NO2. The van der Waals surface area contributed by atoms with Crippen LogP contribution in [0.1, 0.15) is 90.9 Å². The van der Waals surface area contributed by atoms with Crippen LogP contribution in [0.25, 0.3) is 0 Å². The van der Waals surface area contributed by atoms with Crippen LogP contribution in [0, 0.1) is 0 Å². The summed E-state index contributed by atoms with van der Waals surface area (Å²) in [5.74, 6) is -0.115. The molecule has 3 heteroatoms. The number of rotatable bonds is 16. The Morgan fingerprint density at radius 2 is 1.29 bits per heavy atom. The minimum Gasteiger partial charge on any atom is -0.465 e. The quantitative estimate of drug-likeness (QED) is 0.327. The van der Waals surface area contributed by atoms with Crippen molar-refractivity contribution < 1.29 is 9.53 Å². The Labute approximate surface area is 132 Å². The van der Waals surface area contributed by atoms with Crippen LogP contribution in [0.15, 0.2) is 0 Å². The molecule has 0 saturated heterocycles. The fourth-order valence-electron chi connectivity index (χ4n) is 2.31. The molecule has 0 aliphatic heterocycles. The Bertz CT molecular complexity index is 219. The van der Waals surface area contributed by atoms with E-state index in [1.54, 1.807) is 0 Å². The maximum atomic E-state index is 11.3. The van der Waals surface area contributed by atoms with Gasteiger partial charge in [-0.3, -0.25) is 4.79 Å². The van der Waals surface area contributed by atoms with E-state index in [4.69, 9.17) is 4.74 Å². The zero-order chi connectivity index (χ0) is 15.6. The van der Waals surface area contributed by atoms with Crippen LogP contribution in [0.2, 0.25) is 0 Å². The summed E-state index contributed by atoms with van der Waals surface area (Å²) in [6.07, 6.45) is 15.5. The van der Waals surface area contributed by atoms with E-state index in [0.717, 1.165) is 25.8 Å². The van der Waals surface area contributed by atoms with Gasteiger partial charge < -0.3 is 10.1 Å². The van der Waals surface area contributed by atoms with Crippen LogP contribution in [0.4, 0.5) is 0 Å². The number of esters is 1. The van der Waals surface area contributed by atoms with Crippen molar-refractivity contribution in [2.24, 2.45) is 0 Å². The smallest absolute Gasteiger partial charge is 0.319 e. The van der Waals surface area contributed by atoms with Crippen molar-refractivity contribution >= 4 is 5.97 Å². The Morgan fingerprint density at radius 1 is 0.762 bits per heavy atom. The highest BCUT2D eigenvalue weighted by atomic mass is 16.5. The summed E-state index contributed by atoms with van der Waals surface area (Å²) < 4.78 is 5.08. The first kappa shape index (κ1) is 20.4. The summed E-state index contributed by atoms with van der Waals surface area (Å²) in [6.45, 7) is 6.21. The van der Waals surface area contributed by atoms with E-state index in [9.17, 15) is 4.79 Å². The molecular weight excluding hydrogens is 262 g/mol. The van der Waals surface area contributed by atoms with Gasteiger partial charge in [0.2, 0.25) is 0 Å². The van der Waals surface area contributed by atoms with E-state index in [-0.39, 0.29) is 5.97 Å². The zero-order valence-electron chi connectivity index (χ0n) is 14.4. The third-order valence-corrected chi connectivity index (χ3v) is 3.74. The molecule has 126 valence electrons. The van der Waals surface area contributed by atoms with Crippen LogP contribution in [-0.2, 0) is 9.53 Å². The average Bonchev–Trinajstić information content (AvgIpc) is 2.48. The van der Waals surface area contributed by atoms with E-state index in [1.165, 1.54) is 57.8 Å². The minimum absolute atomic E-state index is 0.115. The van der Waals surface area contributed by atoms with Gasteiger partial charge in [-0.15, -0.1) is 0 Å². The van der Waals surface area contributed by atoms with E-state index in [0.29, 0.717) is 13.2 Å². The summed E-state index contributed by atoms with van der Waals surface area (Å²) in [7, 11) is 0. The molecule has 0 aromatic carbocycles. The van der Waals surface area contributed by atoms with Gasteiger partial charge in [0.25, 0.3) is 0 Å². The molecule has 21 heavy (non-hydrogen) atoms. The summed E-state index contributed by atoms with van der Waals surface area (Å²) in [5, 5.41) is 3.16. The van der Waals surface area contributed by atoms with E-state index >= 15 is 0 Å². The van der Waals surface area contributed by atoms with E-state index in [2.05, 4.69) is 19.2 Å². The fraction of sp³-hybridized carbons (Fsp3) is 0.944. The van der Waals surface area contributed by atoms with E-state index in [1.807, 2.05) is 0 Å². The lowest BCUT2D eigenvalue weighted by Gasteiger charge is -2.06. The number of hydrogen-bond donors (Lipinski definition) is 1. The van der Waals surface area contributed by atoms with Crippen molar-refractivity contribution in [1.82, 2.24) is 5.32 Å². The third kappa shape index (κ3) is 17.4. The van der Waals surface area contributed by atoms with Crippen molar-refractivity contribution in [2.45, 2.75) is 90.9 Å². The Morgan fingerprint density at radius 3 is 1.86 bits per heavy atom. The molecule has 0 aromatic rings. The first-order chi connectivity index (χ1) is 10.3. The minimum atomic E-state index is -0.115. The van der Waals surface area contributed by atoms with Gasteiger partial charge >= 0.3 is 5.97 Å². The maximum Gasteiger partial charge on any atom is 0.319 e. The maximum absolute atomic E-state index is 11.3. The molecule has 0 heterocycles. The second kappa shape index (κ2) is 17.5. The van der Waals surface area contributed by atoms with Crippen LogP contribution in [0.3, 0.4) is 0 Å². The van der Waals surface area contributed by atoms with Gasteiger partial charge in [-0.05, 0) is 19.4 Å². The highest BCUT2D eigenvalue weighted by molar-refractivity contribution is 5.71. The zero-order valence-corrected chi connectivity index (χ0v) is 14.4. The summed E-state index contributed by atoms with van der Waals surface area (Å²) in [6, 6.07) is 0. The van der Waals surface area contributed by atoms with Gasteiger partial charge in [0.15, 0.2) is 0 Å². The molecule has 0 saturated carbocycles. The highest BCUT2D eigenvalue weighted by Crippen LogP contribution is 2.10. The van der Waals surface area contributed by atoms with Gasteiger partial charge in [-0.25, -0.2) is 0 Å².